The van der Waals surface area contributed by atoms with Crippen LogP contribution in [0.1, 0.15) is 39.5 Å². The number of hydrogen-bond acceptors (Lipinski definition) is 6. The van der Waals surface area contributed by atoms with Crippen molar-refractivity contribution in [3.05, 3.63) is 58.4 Å². The van der Waals surface area contributed by atoms with E-state index in [1.165, 1.54) is 12.8 Å². The molecule has 0 atom stereocenters. The third-order valence-corrected chi connectivity index (χ3v) is 5.46. The molecule has 1 saturated carbocycles. The Hall–Kier alpha value is -2.80. The van der Waals surface area contributed by atoms with Crippen LogP contribution in [0.5, 0.6) is 5.75 Å². The summed E-state index contributed by atoms with van der Waals surface area (Å²) < 4.78 is 5.94. The minimum atomic E-state index is -0.172. The summed E-state index contributed by atoms with van der Waals surface area (Å²) in [5, 5.41) is 11.9. The van der Waals surface area contributed by atoms with Crippen molar-refractivity contribution in [3.8, 4) is 16.3 Å². The van der Waals surface area contributed by atoms with Crippen molar-refractivity contribution in [1.82, 2.24) is 20.5 Å². The zero-order valence-corrected chi connectivity index (χ0v) is 16.8. The van der Waals surface area contributed by atoms with Gasteiger partial charge in [0, 0.05) is 22.2 Å². The van der Waals surface area contributed by atoms with Crippen molar-refractivity contribution in [3.63, 3.8) is 0 Å². The third-order valence-electron chi connectivity index (χ3n) is 4.50. The van der Waals surface area contributed by atoms with Gasteiger partial charge in [0.25, 0.3) is 5.91 Å². The van der Waals surface area contributed by atoms with Gasteiger partial charge in [0.15, 0.2) is 0 Å². The van der Waals surface area contributed by atoms with E-state index < -0.39 is 0 Å². The van der Waals surface area contributed by atoms with E-state index in [4.69, 9.17) is 4.74 Å². The van der Waals surface area contributed by atoms with E-state index in [9.17, 15) is 4.79 Å². The highest BCUT2D eigenvalue weighted by molar-refractivity contribution is 7.14. The summed E-state index contributed by atoms with van der Waals surface area (Å²) in [5.41, 5.74) is 3.01. The topological polar surface area (TPSA) is 77.0 Å². The molecule has 1 fully saturated rings. The normalized spacial score (nSPS) is 13.4. The molecule has 4 rings (SSSR count). The van der Waals surface area contributed by atoms with Crippen LogP contribution < -0.4 is 10.1 Å². The van der Waals surface area contributed by atoms with Gasteiger partial charge in [-0.1, -0.05) is 0 Å². The van der Waals surface area contributed by atoms with Gasteiger partial charge in [0.1, 0.15) is 10.8 Å². The second kappa shape index (κ2) is 8.06. The van der Waals surface area contributed by atoms with Gasteiger partial charge in [-0.05, 0) is 62.9 Å². The molecule has 1 aromatic carbocycles. The summed E-state index contributed by atoms with van der Waals surface area (Å²) in [6.45, 7) is 4.92. The molecule has 0 radical (unpaired) electrons. The molecular formula is C21H22N4O2S. The molecule has 7 heteroatoms. The van der Waals surface area contributed by atoms with E-state index in [1.54, 1.807) is 17.4 Å². The summed E-state index contributed by atoms with van der Waals surface area (Å²) in [6.07, 6.45) is 4.28. The fraction of sp³-hybridized carbons (Fsp3) is 0.333. The Morgan fingerprint density at radius 1 is 1.21 bits per heavy atom. The minimum Gasteiger partial charge on any atom is -0.493 e. The Morgan fingerprint density at radius 3 is 2.75 bits per heavy atom. The molecule has 0 bridgehead atoms. The van der Waals surface area contributed by atoms with Gasteiger partial charge >= 0.3 is 0 Å². The highest BCUT2D eigenvalue weighted by Gasteiger charge is 2.22. The lowest BCUT2D eigenvalue weighted by atomic mass is 10.1. The molecule has 0 unspecified atom stereocenters. The molecule has 3 aromatic rings. The zero-order valence-electron chi connectivity index (χ0n) is 15.9. The van der Waals surface area contributed by atoms with Gasteiger partial charge in [-0.15, -0.1) is 11.3 Å². The van der Waals surface area contributed by atoms with Gasteiger partial charge in [0.2, 0.25) is 0 Å². The molecule has 1 aliphatic carbocycles. The Labute approximate surface area is 168 Å². The molecule has 144 valence electrons. The number of rotatable bonds is 7. The van der Waals surface area contributed by atoms with Crippen molar-refractivity contribution >= 4 is 17.2 Å². The van der Waals surface area contributed by atoms with Crippen molar-refractivity contribution in [2.45, 2.75) is 33.2 Å². The van der Waals surface area contributed by atoms with Crippen LogP contribution in [0.2, 0.25) is 0 Å². The number of benzene rings is 1. The van der Waals surface area contributed by atoms with Crippen LogP contribution in [0.3, 0.4) is 0 Å². The Morgan fingerprint density at radius 2 is 2.07 bits per heavy atom. The second-order valence-electron chi connectivity index (χ2n) is 7.13. The van der Waals surface area contributed by atoms with Crippen LogP contribution in [0.15, 0.2) is 36.5 Å². The molecule has 1 aliphatic rings. The van der Waals surface area contributed by atoms with E-state index >= 15 is 0 Å². The lowest BCUT2D eigenvalue weighted by Gasteiger charge is -2.11. The summed E-state index contributed by atoms with van der Waals surface area (Å²) in [6, 6.07) is 9.36. The first-order chi connectivity index (χ1) is 13.6. The molecule has 0 spiro atoms. The van der Waals surface area contributed by atoms with Crippen LogP contribution >= 0.6 is 11.3 Å². The fourth-order valence-electron chi connectivity index (χ4n) is 2.72. The lowest BCUT2D eigenvalue weighted by molar-refractivity contribution is 0.0950. The van der Waals surface area contributed by atoms with Crippen LogP contribution in [-0.4, -0.2) is 27.7 Å². The first-order valence-electron chi connectivity index (χ1n) is 9.35. The molecule has 6 nitrogen and oxygen atoms in total. The summed E-state index contributed by atoms with van der Waals surface area (Å²) in [5.74, 6) is 1.18. The second-order valence-corrected chi connectivity index (χ2v) is 8.36. The monoisotopic (exact) mass is 394 g/mol. The van der Waals surface area contributed by atoms with E-state index in [1.807, 2.05) is 44.3 Å². The highest BCUT2D eigenvalue weighted by Crippen LogP contribution is 2.32. The number of nitrogens with zero attached hydrogens (tertiary/aromatic N) is 3. The fourth-order valence-corrected chi connectivity index (χ4v) is 3.47. The largest absolute Gasteiger partial charge is 0.493 e. The van der Waals surface area contributed by atoms with Crippen LogP contribution in [-0.2, 0) is 6.54 Å². The standard InChI is InChI=1S/C21H22N4O2S/c1-13-3-6-18(25-24-13)11-22-20(26)16-7-17(21-23-10-14(2)28-21)9-19(8-16)27-12-15-4-5-15/h3,6-10,15H,4-5,11-12H2,1-2H3,(H,22,26). The van der Waals surface area contributed by atoms with E-state index in [0.29, 0.717) is 30.4 Å². The number of aryl methyl sites for hydroxylation is 2. The summed E-state index contributed by atoms with van der Waals surface area (Å²) in [7, 11) is 0. The molecule has 28 heavy (non-hydrogen) atoms. The number of hydrogen-bond donors (Lipinski definition) is 1. The van der Waals surface area contributed by atoms with E-state index in [-0.39, 0.29) is 5.91 Å². The minimum absolute atomic E-state index is 0.172. The smallest absolute Gasteiger partial charge is 0.251 e. The van der Waals surface area contributed by atoms with Gasteiger partial charge < -0.3 is 10.1 Å². The van der Waals surface area contributed by atoms with Crippen molar-refractivity contribution < 1.29 is 9.53 Å². The van der Waals surface area contributed by atoms with Crippen molar-refractivity contribution in [1.29, 1.82) is 0 Å². The first kappa shape index (κ1) is 18.6. The number of ether oxygens (including phenoxy) is 1. The maximum Gasteiger partial charge on any atom is 0.251 e. The molecule has 1 N–H and O–H groups in total. The predicted octanol–water partition coefficient (Wildman–Crippen LogP) is 3.94. The Bertz CT molecular complexity index is 980. The molecule has 0 aliphatic heterocycles. The molecule has 2 aromatic heterocycles. The average molecular weight is 395 g/mol. The number of thiazole rings is 1. The summed E-state index contributed by atoms with van der Waals surface area (Å²) >= 11 is 1.60. The summed E-state index contributed by atoms with van der Waals surface area (Å²) in [4.78, 5) is 18.3. The van der Waals surface area contributed by atoms with Crippen LogP contribution in [0.4, 0.5) is 0 Å². The molecular weight excluding hydrogens is 372 g/mol. The van der Waals surface area contributed by atoms with Crippen LogP contribution in [0, 0.1) is 19.8 Å². The average Bonchev–Trinajstić information content (AvgIpc) is 3.44. The quantitative estimate of drug-likeness (QED) is 0.657. The van der Waals surface area contributed by atoms with E-state index in [2.05, 4.69) is 20.5 Å². The predicted molar refractivity (Wildman–Crippen MR) is 108 cm³/mol. The number of carbonyl (C=O) groups is 1. The Balaban J connectivity index is 1.53. The van der Waals surface area contributed by atoms with Gasteiger partial charge in [-0.3, -0.25) is 4.79 Å². The van der Waals surface area contributed by atoms with Gasteiger partial charge in [0.05, 0.1) is 24.5 Å². The first-order valence-corrected chi connectivity index (χ1v) is 10.2. The molecule has 1 amide bonds. The van der Waals surface area contributed by atoms with Gasteiger partial charge in [-0.25, -0.2) is 4.98 Å². The SMILES string of the molecule is Cc1ccc(CNC(=O)c2cc(OCC3CC3)cc(-c3ncc(C)s3)c2)nn1. The Kier molecular flexibility index (Phi) is 5.34. The third kappa shape index (κ3) is 4.72. The lowest BCUT2D eigenvalue weighted by Crippen LogP contribution is -2.23. The van der Waals surface area contributed by atoms with Crippen molar-refractivity contribution in [2.75, 3.05) is 6.61 Å². The highest BCUT2D eigenvalue weighted by atomic mass is 32.1. The maximum atomic E-state index is 12.7. The number of carbonyl (C=O) groups excluding carboxylic acids is 1. The van der Waals surface area contributed by atoms with Crippen molar-refractivity contribution in [2.24, 2.45) is 5.92 Å². The zero-order chi connectivity index (χ0) is 19.5. The molecule has 0 saturated heterocycles. The van der Waals surface area contributed by atoms with Gasteiger partial charge in [-0.2, -0.15) is 10.2 Å². The number of amides is 1. The number of aromatic nitrogens is 3. The maximum absolute atomic E-state index is 12.7. The number of nitrogens with one attached hydrogen (secondary N) is 1. The molecule has 2 heterocycles. The van der Waals surface area contributed by atoms with Crippen LogP contribution in [0.25, 0.3) is 10.6 Å². The van der Waals surface area contributed by atoms with E-state index in [0.717, 1.165) is 26.8 Å².